The summed E-state index contributed by atoms with van der Waals surface area (Å²) in [4.78, 5) is 12.3. The van der Waals surface area contributed by atoms with Crippen LogP contribution in [0.2, 0.25) is 5.02 Å². The second-order valence-corrected chi connectivity index (χ2v) is 4.91. The van der Waals surface area contributed by atoms with E-state index in [1.807, 2.05) is 0 Å². The Kier molecular flexibility index (Phi) is 4.78. The summed E-state index contributed by atoms with van der Waals surface area (Å²) in [7, 11) is 1.55. The van der Waals surface area contributed by atoms with E-state index < -0.39 is 6.10 Å². The maximum atomic E-state index is 12.3. The number of hydrogen-bond acceptors (Lipinski definition) is 3. The Morgan fingerprint density at radius 1 is 1.19 bits per heavy atom. The first-order valence-electron chi connectivity index (χ1n) is 6.34. The van der Waals surface area contributed by atoms with Crippen LogP contribution in [0.25, 0.3) is 0 Å². The Labute approximate surface area is 128 Å². The fourth-order valence-electron chi connectivity index (χ4n) is 1.94. The summed E-state index contributed by atoms with van der Waals surface area (Å²) in [6, 6.07) is 13.5. The minimum Gasteiger partial charge on any atom is -0.497 e. The highest BCUT2D eigenvalue weighted by molar-refractivity contribution is 6.31. The molecule has 21 heavy (non-hydrogen) atoms. The Morgan fingerprint density at radius 3 is 2.38 bits per heavy atom. The predicted molar refractivity (Wildman–Crippen MR) is 82.9 cm³/mol. The SMILES string of the molecule is C=C(C(=O)c1ccc(OC)cc1)C(O)c1ccccc1Cl. The van der Waals surface area contributed by atoms with Crippen LogP contribution in [-0.4, -0.2) is 18.0 Å². The summed E-state index contributed by atoms with van der Waals surface area (Å²) in [6.07, 6.45) is -1.13. The van der Waals surface area contributed by atoms with Crippen molar-refractivity contribution in [2.24, 2.45) is 0 Å². The van der Waals surface area contributed by atoms with E-state index in [4.69, 9.17) is 16.3 Å². The van der Waals surface area contributed by atoms with E-state index in [0.29, 0.717) is 21.9 Å². The van der Waals surface area contributed by atoms with Gasteiger partial charge in [0.2, 0.25) is 0 Å². The normalized spacial score (nSPS) is 11.8. The lowest BCUT2D eigenvalue weighted by molar-refractivity contribution is 0.0988. The largest absolute Gasteiger partial charge is 0.497 e. The summed E-state index contributed by atoms with van der Waals surface area (Å²) < 4.78 is 5.04. The first kappa shape index (κ1) is 15.3. The zero-order chi connectivity index (χ0) is 15.4. The number of carbonyl (C=O) groups excluding carboxylic acids is 1. The van der Waals surface area contributed by atoms with Crippen LogP contribution in [-0.2, 0) is 0 Å². The van der Waals surface area contributed by atoms with Gasteiger partial charge in [0.1, 0.15) is 11.9 Å². The topological polar surface area (TPSA) is 46.5 Å². The molecule has 0 bridgehead atoms. The molecule has 1 atom stereocenters. The molecule has 0 heterocycles. The highest BCUT2D eigenvalue weighted by Gasteiger charge is 2.21. The molecule has 0 aliphatic heterocycles. The van der Waals surface area contributed by atoms with E-state index in [0.717, 1.165) is 0 Å². The molecule has 1 N–H and O–H groups in total. The Hall–Kier alpha value is -2.10. The van der Waals surface area contributed by atoms with Crippen LogP contribution in [0.3, 0.4) is 0 Å². The van der Waals surface area contributed by atoms with Crippen LogP contribution in [0.15, 0.2) is 60.7 Å². The number of carbonyl (C=O) groups is 1. The predicted octanol–water partition coefficient (Wildman–Crippen LogP) is 3.82. The number of rotatable bonds is 5. The number of ether oxygens (including phenoxy) is 1. The van der Waals surface area contributed by atoms with Gasteiger partial charge in [0.25, 0.3) is 0 Å². The van der Waals surface area contributed by atoms with Crippen molar-refractivity contribution in [1.82, 2.24) is 0 Å². The summed E-state index contributed by atoms with van der Waals surface area (Å²) in [5, 5.41) is 10.7. The number of aliphatic hydroxyl groups is 1. The molecule has 0 aliphatic carbocycles. The van der Waals surface area contributed by atoms with Gasteiger partial charge in [-0.3, -0.25) is 4.79 Å². The van der Waals surface area contributed by atoms with Gasteiger partial charge in [0, 0.05) is 21.7 Å². The maximum absolute atomic E-state index is 12.3. The molecule has 0 radical (unpaired) electrons. The van der Waals surface area contributed by atoms with Gasteiger partial charge in [-0.15, -0.1) is 0 Å². The molecule has 2 rings (SSSR count). The molecule has 0 saturated carbocycles. The van der Waals surface area contributed by atoms with Crippen molar-refractivity contribution < 1.29 is 14.6 Å². The van der Waals surface area contributed by atoms with Crippen molar-refractivity contribution in [2.45, 2.75) is 6.10 Å². The van der Waals surface area contributed by atoms with Gasteiger partial charge in [0.15, 0.2) is 5.78 Å². The molecule has 1 unspecified atom stereocenters. The summed E-state index contributed by atoms with van der Waals surface area (Å²) in [6.45, 7) is 3.70. The van der Waals surface area contributed by atoms with Crippen LogP contribution < -0.4 is 4.74 Å². The monoisotopic (exact) mass is 302 g/mol. The summed E-state index contributed by atoms with van der Waals surface area (Å²) in [5.41, 5.74) is 0.978. The number of ketones is 1. The molecular formula is C17H15ClO3. The van der Waals surface area contributed by atoms with Crippen LogP contribution in [0, 0.1) is 0 Å². The van der Waals surface area contributed by atoms with Gasteiger partial charge in [-0.25, -0.2) is 0 Å². The van der Waals surface area contributed by atoms with E-state index in [1.54, 1.807) is 55.6 Å². The zero-order valence-corrected chi connectivity index (χ0v) is 12.3. The van der Waals surface area contributed by atoms with Crippen molar-refractivity contribution in [1.29, 1.82) is 0 Å². The molecule has 0 spiro atoms. The lowest BCUT2D eigenvalue weighted by Crippen LogP contribution is -2.11. The zero-order valence-electron chi connectivity index (χ0n) is 11.5. The maximum Gasteiger partial charge on any atom is 0.191 e. The van der Waals surface area contributed by atoms with Crippen molar-refractivity contribution in [3.8, 4) is 5.75 Å². The van der Waals surface area contributed by atoms with Gasteiger partial charge < -0.3 is 9.84 Å². The molecule has 0 saturated heterocycles. The van der Waals surface area contributed by atoms with Crippen LogP contribution in [0.4, 0.5) is 0 Å². The third kappa shape index (κ3) is 3.32. The van der Waals surface area contributed by atoms with Crippen LogP contribution in [0.1, 0.15) is 22.0 Å². The molecule has 108 valence electrons. The van der Waals surface area contributed by atoms with Crippen molar-refractivity contribution in [3.63, 3.8) is 0 Å². The Balaban J connectivity index is 2.22. The molecule has 0 fully saturated rings. The van der Waals surface area contributed by atoms with E-state index >= 15 is 0 Å². The van der Waals surface area contributed by atoms with Gasteiger partial charge in [0.05, 0.1) is 7.11 Å². The van der Waals surface area contributed by atoms with Crippen molar-refractivity contribution in [3.05, 3.63) is 76.8 Å². The molecule has 2 aromatic carbocycles. The van der Waals surface area contributed by atoms with Crippen molar-refractivity contribution in [2.75, 3.05) is 7.11 Å². The van der Waals surface area contributed by atoms with Crippen molar-refractivity contribution >= 4 is 17.4 Å². The molecule has 0 aromatic heterocycles. The third-order valence-corrected chi connectivity index (χ3v) is 3.52. The average Bonchev–Trinajstić information content (AvgIpc) is 2.53. The molecule has 4 heteroatoms. The molecule has 2 aromatic rings. The van der Waals surface area contributed by atoms with E-state index in [1.165, 1.54) is 0 Å². The van der Waals surface area contributed by atoms with Gasteiger partial charge in [-0.1, -0.05) is 36.4 Å². The summed E-state index contributed by atoms with van der Waals surface area (Å²) >= 11 is 6.02. The molecular weight excluding hydrogens is 288 g/mol. The number of benzene rings is 2. The fraction of sp³-hybridized carbons (Fsp3) is 0.118. The minimum atomic E-state index is -1.13. The molecule has 0 amide bonds. The fourth-order valence-corrected chi connectivity index (χ4v) is 2.18. The minimum absolute atomic E-state index is 0.0771. The Morgan fingerprint density at radius 2 is 1.81 bits per heavy atom. The second-order valence-electron chi connectivity index (χ2n) is 4.51. The van der Waals surface area contributed by atoms with Crippen LogP contribution in [0.5, 0.6) is 5.75 Å². The van der Waals surface area contributed by atoms with E-state index in [2.05, 4.69) is 6.58 Å². The van der Waals surface area contributed by atoms with Crippen LogP contribution >= 0.6 is 11.6 Å². The van der Waals surface area contributed by atoms with E-state index in [-0.39, 0.29) is 11.4 Å². The first-order valence-corrected chi connectivity index (χ1v) is 6.72. The van der Waals surface area contributed by atoms with Gasteiger partial charge >= 0.3 is 0 Å². The summed E-state index contributed by atoms with van der Waals surface area (Å²) in [5.74, 6) is 0.328. The first-order chi connectivity index (χ1) is 10.0. The van der Waals surface area contributed by atoms with Gasteiger partial charge in [-0.05, 0) is 30.3 Å². The van der Waals surface area contributed by atoms with E-state index in [9.17, 15) is 9.90 Å². The number of halogens is 1. The lowest BCUT2D eigenvalue weighted by Gasteiger charge is -2.14. The number of methoxy groups -OCH3 is 1. The average molecular weight is 303 g/mol. The highest BCUT2D eigenvalue weighted by atomic mass is 35.5. The second kappa shape index (κ2) is 6.57. The number of hydrogen-bond donors (Lipinski definition) is 1. The standard InChI is InChI=1S/C17H15ClO3/c1-11(17(20)14-5-3-4-6-15(14)18)16(19)12-7-9-13(21-2)10-8-12/h3-10,17,20H,1H2,2H3. The lowest BCUT2D eigenvalue weighted by atomic mass is 9.95. The smallest absolute Gasteiger partial charge is 0.191 e. The Bertz CT molecular complexity index is 662. The number of aliphatic hydroxyl groups excluding tert-OH is 1. The van der Waals surface area contributed by atoms with Gasteiger partial charge in [-0.2, -0.15) is 0 Å². The highest BCUT2D eigenvalue weighted by Crippen LogP contribution is 2.29. The molecule has 0 aliphatic rings. The third-order valence-electron chi connectivity index (χ3n) is 3.17. The molecule has 3 nitrogen and oxygen atoms in total. The number of Topliss-reactive ketones (excluding diaryl/α,β-unsaturated/α-hetero) is 1. The quantitative estimate of drug-likeness (QED) is 0.674.